The molecule has 0 atom stereocenters. The summed E-state index contributed by atoms with van der Waals surface area (Å²) in [5.74, 6) is 0.937. The van der Waals surface area contributed by atoms with Crippen molar-refractivity contribution in [1.82, 2.24) is 10.2 Å². The summed E-state index contributed by atoms with van der Waals surface area (Å²) in [6.07, 6.45) is 2.47. The maximum absolute atomic E-state index is 5.26. The normalized spacial score (nSPS) is 18.2. The van der Waals surface area contributed by atoms with E-state index in [1.54, 1.807) is 7.11 Å². The van der Waals surface area contributed by atoms with Gasteiger partial charge in [-0.15, -0.1) is 0 Å². The van der Waals surface area contributed by atoms with Gasteiger partial charge in [0.25, 0.3) is 0 Å². The zero-order valence-electron chi connectivity index (χ0n) is 13.3. The van der Waals surface area contributed by atoms with Gasteiger partial charge in [0.2, 0.25) is 0 Å². The molecule has 1 aromatic carbocycles. The largest absolute Gasteiger partial charge is 0.497 e. The third-order valence-corrected chi connectivity index (χ3v) is 4.17. The first-order chi connectivity index (χ1) is 9.49. The van der Waals surface area contributed by atoms with Crippen LogP contribution >= 0.6 is 0 Å². The molecular formula is C17H28N2O. The van der Waals surface area contributed by atoms with Crippen LogP contribution in [0.1, 0.15) is 39.2 Å². The summed E-state index contributed by atoms with van der Waals surface area (Å²) in [5.41, 5.74) is 1.60. The van der Waals surface area contributed by atoms with Crippen molar-refractivity contribution in [1.29, 1.82) is 0 Å². The number of nitrogens with one attached hydrogen (secondary N) is 1. The van der Waals surface area contributed by atoms with Crippen molar-refractivity contribution in [3.05, 3.63) is 29.8 Å². The minimum atomic E-state index is 0.303. The fraction of sp³-hybridized carbons (Fsp3) is 0.647. The minimum absolute atomic E-state index is 0.303. The zero-order chi connectivity index (χ0) is 14.6. The third kappa shape index (κ3) is 4.22. The second-order valence-corrected chi connectivity index (χ2v) is 6.66. The lowest BCUT2D eigenvalue weighted by Crippen LogP contribution is -2.49. The van der Waals surface area contributed by atoms with Crippen molar-refractivity contribution in [2.24, 2.45) is 0 Å². The van der Waals surface area contributed by atoms with E-state index >= 15 is 0 Å². The molecule has 0 spiro atoms. The number of nitrogens with zero attached hydrogens (tertiary/aromatic N) is 1. The van der Waals surface area contributed by atoms with Crippen LogP contribution in [0.3, 0.4) is 0 Å². The van der Waals surface area contributed by atoms with Crippen LogP contribution in [0.5, 0.6) is 5.75 Å². The Balaban J connectivity index is 1.78. The van der Waals surface area contributed by atoms with Crippen LogP contribution in [0.2, 0.25) is 0 Å². The maximum Gasteiger partial charge on any atom is 0.119 e. The van der Waals surface area contributed by atoms with E-state index in [2.05, 4.69) is 49.2 Å². The van der Waals surface area contributed by atoms with Crippen molar-refractivity contribution in [3.8, 4) is 5.75 Å². The van der Waals surface area contributed by atoms with Gasteiger partial charge in [-0.3, -0.25) is 4.90 Å². The smallest absolute Gasteiger partial charge is 0.119 e. The van der Waals surface area contributed by atoms with Crippen LogP contribution in [-0.4, -0.2) is 36.7 Å². The van der Waals surface area contributed by atoms with Crippen LogP contribution < -0.4 is 10.1 Å². The minimum Gasteiger partial charge on any atom is -0.497 e. The summed E-state index contributed by atoms with van der Waals surface area (Å²) in [6.45, 7) is 10.2. The van der Waals surface area contributed by atoms with Gasteiger partial charge in [0, 0.05) is 31.2 Å². The summed E-state index contributed by atoms with van der Waals surface area (Å²) in [4.78, 5) is 2.58. The van der Waals surface area contributed by atoms with Crippen LogP contribution in [-0.2, 0) is 6.54 Å². The van der Waals surface area contributed by atoms with Crippen molar-refractivity contribution in [3.63, 3.8) is 0 Å². The first kappa shape index (κ1) is 15.3. The van der Waals surface area contributed by atoms with Crippen LogP contribution in [0.25, 0.3) is 0 Å². The molecular weight excluding hydrogens is 248 g/mol. The highest BCUT2D eigenvalue weighted by molar-refractivity contribution is 5.28. The Morgan fingerprint density at radius 3 is 2.55 bits per heavy atom. The molecule has 0 radical (unpaired) electrons. The number of likely N-dealkylation sites (tertiary alicyclic amines) is 1. The lowest BCUT2D eigenvalue weighted by Gasteiger charge is -2.41. The molecule has 0 aliphatic carbocycles. The van der Waals surface area contributed by atoms with Gasteiger partial charge in [0.15, 0.2) is 0 Å². The Morgan fingerprint density at radius 2 is 1.95 bits per heavy atom. The predicted molar refractivity (Wildman–Crippen MR) is 84.2 cm³/mol. The summed E-state index contributed by atoms with van der Waals surface area (Å²) >= 11 is 0. The summed E-state index contributed by atoms with van der Waals surface area (Å²) in [5, 5.41) is 3.68. The molecule has 0 aromatic heterocycles. The number of benzene rings is 1. The molecule has 0 saturated carbocycles. The van der Waals surface area contributed by atoms with E-state index in [0.29, 0.717) is 11.6 Å². The molecule has 1 saturated heterocycles. The van der Waals surface area contributed by atoms with Crippen molar-refractivity contribution in [2.45, 2.75) is 51.7 Å². The van der Waals surface area contributed by atoms with E-state index < -0.39 is 0 Å². The number of rotatable bonds is 4. The Morgan fingerprint density at radius 1 is 1.25 bits per heavy atom. The van der Waals surface area contributed by atoms with Crippen LogP contribution in [0.15, 0.2) is 24.3 Å². The number of ether oxygens (including phenoxy) is 1. The fourth-order valence-corrected chi connectivity index (χ4v) is 2.80. The van der Waals surface area contributed by atoms with E-state index in [0.717, 1.165) is 12.3 Å². The topological polar surface area (TPSA) is 24.5 Å². The molecule has 3 heteroatoms. The summed E-state index contributed by atoms with van der Waals surface area (Å²) in [7, 11) is 1.72. The molecule has 3 nitrogen and oxygen atoms in total. The lowest BCUT2D eigenvalue weighted by atomic mass is 9.98. The summed E-state index contributed by atoms with van der Waals surface area (Å²) in [6, 6.07) is 8.94. The van der Waals surface area contributed by atoms with Crippen molar-refractivity contribution in [2.75, 3.05) is 20.2 Å². The van der Waals surface area contributed by atoms with E-state index in [-0.39, 0.29) is 0 Å². The summed E-state index contributed by atoms with van der Waals surface area (Å²) < 4.78 is 5.26. The SMILES string of the molecule is COc1cccc(CNC2CCN(C(C)(C)C)CC2)c1. The number of piperidine rings is 1. The molecule has 1 aliphatic rings. The molecule has 20 heavy (non-hydrogen) atoms. The number of methoxy groups -OCH3 is 1. The Labute approximate surface area is 123 Å². The number of hydrogen-bond acceptors (Lipinski definition) is 3. The zero-order valence-corrected chi connectivity index (χ0v) is 13.3. The van der Waals surface area contributed by atoms with Crippen LogP contribution in [0.4, 0.5) is 0 Å². The maximum atomic E-state index is 5.26. The average Bonchev–Trinajstić information content (AvgIpc) is 2.45. The molecule has 0 bridgehead atoms. The molecule has 0 unspecified atom stereocenters. The van der Waals surface area contributed by atoms with Gasteiger partial charge in [-0.2, -0.15) is 0 Å². The molecule has 1 heterocycles. The van der Waals surface area contributed by atoms with Gasteiger partial charge in [-0.25, -0.2) is 0 Å². The fourth-order valence-electron chi connectivity index (χ4n) is 2.80. The number of hydrogen-bond donors (Lipinski definition) is 1. The van der Waals surface area contributed by atoms with E-state index in [9.17, 15) is 0 Å². The van der Waals surface area contributed by atoms with E-state index in [1.807, 2.05) is 6.07 Å². The Hall–Kier alpha value is -1.06. The monoisotopic (exact) mass is 276 g/mol. The van der Waals surface area contributed by atoms with Gasteiger partial charge < -0.3 is 10.1 Å². The molecule has 2 rings (SSSR count). The van der Waals surface area contributed by atoms with Gasteiger partial charge in [-0.1, -0.05) is 12.1 Å². The Kier molecular flexibility index (Phi) is 5.06. The molecule has 1 aromatic rings. The third-order valence-electron chi connectivity index (χ3n) is 4.17. The van der Waals surface area contributed by atoms with Gasteiger partial charge >= 0.3 is 0 Å². The van der Waals surface area contributed by atoms with Crippen molar-refractivity contribution >= 4 is 0 Å². The quantitative estimate of drug-likeness (QED) is 0.915. The predicted octanol–water partition coefficient (Wildman–Crippen LogP) is 3.05. The molecule has 1 aliphatic heterocycles. The first-order valence-electron chi connectivity index (χ1n) is 7.60. The molecule has 1 fully saturated rings. The molecule has 1 N–H and O–H groups in total. The molecule has 0 amide bonds. The standard InChI is InChI=1S/C17H28N2O/c1-17(2,3)19-10-8-15(9-11-19)18-13-14-6-5-7-16(12-14)20-4/h5-7,12,15,18H,8-11,13H2,1-4H3. The van der Waals surface area contributed by atoms with Gasteiger partial charge in [0.05, 0.1) is 7.11 Å². The highest BCUT2D eigenvalue weighted by Crippen LogP contribution is 2.20. The van der Waals surface area contributed by atoms with Gasteiger partial charge in [-0.05, 0) is 51.3 Å². The van der Waals surface area contributed by atoms with Crippen molar-refractivity contribution < 1.29 is 4.74 Å². The second-order valence-electron chi connectivity index (χ2n) is 6.66. The first-order valence-corrected chi connectivity index (χ1v) is 7.60. The highest BCUT2D eigenvalue weighted by Gasteiger charge is 2.26. The second kappa shape index (κ2) is 6.59. The van der Waals surface area contributed by atoms with Gasteiger partial charge in [0.1, 0.15) is 5.75 Å². The Bertz CT molecular complexity index is 417. The lowest BCUT2D eigenvalue weighted by molar-refractivity contribution is 0.0960. The van der Waals surface area contributed by atoms with E-state index in [1.165, 1.54) is 31.5 Å². The highest BCUT2D eigenvalue weighted by atomic mass is 16.5. The molecule has 112 valence electrons. The van der Waals surface area contributed by atoms with Crippen LogP contribution in [0, 0.1) is 0 Å². The average molecular weight is 276 g/mol. The van der Waals surface area contributed by atoms with E-state index in [4.69, 9.17) is 4.74 Å².